The lowest BCUT2D eigenvalue weighted by molar-refractivity contribution is 0.0599. The highest BCUT2D eigenvalue weighted by molar-refractivity contribution is 5.55. The molecule has 1 fully saturated rings. The molecular formula is C31H36N4. The lowest BCUT2D eigenvalue weighted by Gasteiger charge is -2.43. The standard InChI is InChI=1S/C31H36N4/c1-23(2)29(28-24(3)32-31(33-28)27-17-11-6-12-18-27)34-19-21-35(22-20-34)30(25-13-7-4-8-14-25)26-15-9-5-10-16-26/h4-18,23,29-30H,19-22H2,1-3H3,(H,32,33). The Labute approximate surface area is 209 Å². The third kappa shape index (κ3) is 5.09. The van der Waals surface area contributed by atoms with Gasteiger partial charge in [-0.25, -0.2) is 4.98 Å². The van der Waals surface area contributed by atoms with E-state index >= 15 is 0 Å². The number of imidazole rings is 1. The predicted octanol–water partition coefficient (Wildman–Crippen LogP) is 6.49. The number of aromatic nitrogens is 2. The maximum absolute atomic E-state index is 5.12. The van der Waals surface area contributed by atoms with Crippen LogP contribution >= 0.6 is 0 Å². The number of aromatic amines is 1. The van der Waals surface area contributed by atoms with Crippen LogP contribution in [0.15, 0.2) is 91.0 Å². The van der Waals surface area contributed by atoms with Gasteiger partial charge in [0.2, 0.25) is 0 Å². The number of nitrogens with zero attached hydrogens (tertiary/aromatic N) is 3. The van der Waals surface area contributed by atoms with Crippen LogP contribution in [0.5, 0.6) is 0 Å². The number of aryl methyl sites for hydroxylation is 1. The summed E-state index contributed by atoms with van der Waals surface area (Å²) in [6.07, 6.45) is 0. The molecule has 180 valence electrons. The first-order valence-electron chi connectivity index (χ1n) is 12.8. The summed E-state index contributed by atoms with van der Waals surface area (Å²) >= 11 is 0. The zero-order valence-electron chi connectivity index (χ0n) is 21.1. The molecule has 0 amide bonds. The van der Waals surface area contributed by atoms with Crippen molar-refractivity contribution in [3.05, 3.63) is 114 Å². The maximum Gasteiger partial charge on any atom is 0.137 e. The molecule has 1 unspecified atom stereocenters. The topological polar surface area (TPSA) is 35.2 Å². The smallest absolute Gasteiger partial charge is 0.137 e. The van der Waals surface area contributed by atoms with Gasteiger partial charge in [-0.05, 0) is 24.0 Å². The number of H-pyrrole nitrogens is 1. The average Bonchev–Trinajstić information content (AvgIpc) is 3.28. The van der Waals surface area contributed by atoms with Crippen molar-refractivity contribution >= 4 is 0 Å². The normalized spacial score (nSPS) is 16.1. The molecule has 0 radical (unpaired) electrons. The van der Waals surface area contributed by atoms with E-state index in [1.54, 1.807) is 0 Å². The molecule has 35 heavy (non-hydrogen) atoms. The van der Waals surface area contributed by atoms with E-state index in [0.29, 0.717) is 12.0 Å². The van der Waals surface area contributed by atoms with Crippen LogP contribution in [0.2, 0.25) is 0 Å². The number of hydrogen-bond acceptors (Lipinski definition) is 3. The molecule has 4 aromatic rings. The average molecular weight is 465 g/mol. The summed E-state index contributed by atoms with van der Waals surface area (Å²) in [6.45, 7) is 11.0. The molecule has 3 aromatic carbocycles. The lowest BCUT2D eigenvalue weighted by atomic mass is 9.94. The zero-order chi connectivity index (χ0) is 24.2. The molecule has 0 bridgehead atoms. The summed E-state index contributed by atoms with van der Waals surface area (Å²) in [5.74, 6) is 1.45. The molecule has 2 heterocycles. The summed E-state index contributed by atoms with van der Waals surface area (Å²) < 4.78 is 0. The van der Waals surface area contributed by atoms with Crippen LogP contribution in [0.3, 0.4) is 0 Å². The fourth-order valence-electron chi connectivity index (χ4n) is 5.56. The van der Waals surface area contributed by atoms with Crippen LogP contribution in [0.4, 0.5) is 0 Å². The minimum atomic E-state index is 0.286. The Balaban J connectivity index is 1.37. The monoisotopic (exact) mass is 464 g/mol. The highest BCUT2D eigenvalue weighted by Crippen LogP contribution is 2.35. The molecule has 1 aliphatic rings. The van der Waals surface area contributed by atoms with E-state index in [2.05, 4.69) is 127 Å². The highest BCUT2D eigenvalue weighted by Gasteiger charge is 2.33. The van der Waals surface area contributed by atoms with Gasteiger partial charge >= 0.3 is 0 Å². The number of rotatable bonds is 7. The van der Waals surface area contributed by atoms with Crippen LogP contribution in [0, 0.1) is 12.8 Å². The Morgan fingerprint density at radius 1 is 0.686 bits per heavy atom. The minimum absolute atomic E-state index is 0.286. The first kappa shape index (κ1) is 23.5. The molecule has 0 saturated carbocycles. The molecule has 1 atom stereocenters. The maximum atomic E-state index is 5.12. The number of benzene rings is 3. The van der Waals surface area contributed by atoms with Gasteiger partial charge in [0.05, 0.1) is 17.8 Å². The molecule has 4 heteroatoms. The Morgan fingerprint density at radius 2 is 1.17 bits per heavy atom. The van der Waals surface area contributed by atoms with Gasteiger partial charge in [-0.2, -0.15) is 0 Å². The molecule has 1 aromatic heterocycles. The summed E-state index contributed by atoms with van der Waals surface area (Å²) in [5.41, 5.74) is 6.24. The van der Waals surface area contributed by atoms with Crippen molar-refractivity contribution < 1.29 is 0 Å². The Bertz CT molecular complexity index is 1150. The van der Waals surface area contributed by atoms with Gasteiger partial charge < -0.3 is 4.98 Å². The van der Waals surface area contributed by atoms with Gasteiger partial charge in [0.25, 0.3) is 0 Å². The van der Waals surface area contributed by atoms with E-state index in [4.69, 9.17) is 4.98 Å². The van der Waals surface area contributed by atoms with Gasteiger partial charge in [-0.1, -0.05) is 105 Å². The summed E-state index contributed by atoms with van der Waals surface area (Å²) in [7, 11) is 0. The molecule has 1 saturated heterocycles. The van der Waals surface area contributed by atoms with Gasteiger partial charge in [0.15, 0.2) is 0 Å². The van der Waals surface area contributed by atoms with E-state index in [1.165, 1.54) is 22.5 Å². The molecular weight excluding hydrogens is 428 g/mol. The van der Waals surface area contributed by atoms with Crippen molar-refractivity contribution in [3.63, 3.8) is 0 Å². The van der Waals surface area contributed by atoms with E-state index < -0.39 is 0 Å². The first-order chi connectivity index (χ1) is 17.1. The van der Waals surface area contributed by atoms with Crippen molar-refractivity contribution in [1.29, 1.82) is 0 Å². The van der Waals surface area contributed by atoms with Gasteiger partial charge in [0, 0.05) is 37.4 Å². The van der Waals surface area contributed by atoms with Crippen LogP contribution in [0.1, 0.15) is 48.4 Å². The quantitative estimate of drug-likeness (QED) is 0.339. The second-order valence-electron chi connectivity index (χ2n) is 9.95. The molecule has 0 aliphatic carbocycles. The first-order valence-corrected chi connectivity index (χ1v) is 12.8. The van der Waals surface area contributed by atoms with E-state index in [1.807, 2.05) is 0 Å². The van der Waals surface area contributed by atoms with Crippen molar-refractivity contribution in [2.45, 2.75) is 32.9 Å². The van der Waals surface area contributed by atoms with Gasteiger partial charge in [0.1, 0.15) is 5.82 Å². The fourth-order valence-corrected chi connectivity index (χ4v) is 5.56. The fraction of sp³-hybridized carbons (Fsp3) is 0.323. The van der Waals surface area contributed by atoms with E-state index in [0.717, 1.165) is 37.6 Å². The second-order valence-corrected chi connectivity index (χ2v) is 9.95. The number of piperazine rings is 1. The van der Waals surface area contributed by atoms with Crippen molar-refractivity contribution in [1.82, 2.24) is 19.8 Å². The van der Waals surface area contributed by atoms with Crippen LogP contribution in [-0.4, -0.2) is 45.9 Å². The Kier molecular flexibility index (Phi) is 7.12. The third-order valence-corrected chi connectivity index (χ3v) is 7.22. The predicted molar refractivity (Wildman–Crippen MR) is 144 cm³/mol. The molecule has 1 aliphatic heterocycles. The highest BCUT2D eigenvalue weighted by atomic mass is 15.3. The summed E-state index contributed by atoms with van der Waals surface area (Å²) in [6, 6.07) is 32.9. The van der Waals surface area contributed by atoms with Crippen LogP contribution in [-0.2, 0) is 0 Å². The molecule has 5 rings (SSSR count). The van der Waals surface area contributed by atoms with Gasteiger partial charge in [-0.3, -0.25) is 9.80 Å². The molecule has 1 N–H and O–H groups in total. The van der Waals surface area contributed by atoms with Crippen molar-refractivity contribution in [2.75, 3.05) is 26.2 Å². The number of hydrogen-bond donors (Lipinski definition) is 1. The Hall–Kier alpha value is -3.21. The zero-order valence-corrected chi connectivity index (χ0v) is 21.1. The van der Waals surface area contributed by atoms with Crippen LogP contribution < -0.4 is 0 Å². The van der Waals surface area contributed by atoms with Crippen molar-refractivity contribution in [2.24, 2.45) is 5.92 Å². The lowest BCUT2D eigenvalue weighted by Crippen LogP contribution is -2.50. The third-order valence-electron chi connectivity index (χ3n) is 7.22. The number of nitrogens with one attached hydrogen (secondary N) is 1. The summed E-state index contributed by atoms with van der Waals surface area (Å²) in [4.78, 5) is 14.0. The van der Waals surface area contributed by atoms with Crippen molar-refractivity contribution in [3.8, 4) is 11.4 Å². The second kappa shape index (κ2) is 10.6. The Morgan fingerprint density at radius 3 is 1.69 bits per heavy atom. The molecule has 0 spiro atoms. The minimum Gasteiger partial charge on any atom is -0.342 e. The van der Waals surface area contributed by atoms with Crippen LogP contribution in [0.25, 0.3) is 11.4 Å². The molecule has 4 nitrogen and oxygen atoms in total. The van der Waals surface area contributed by atoms with Gasteiger partial charge in [-0.15, -0.1) is 0 Å². The van der Waals surface area contributed by atoms with E-state index in [-0.39, 0.29) is 6.04 Å². The van der Waals surface area contributed by atoms with E-state index in [9.17, 15) is 0 Å². The summed E-state index contributed by atoms with van der Waals surface area (Å²) in [5, 5.41) is 0. The largest absolute Gasteiger partial charge is 0.342 e. The SMILES string of the molecule is Cc1[nH]c(-c2ccccc2)nc1C(C(C)C)N1CCN(C(c2ccccc2)c2ccccc2)CC1.